The third kappa shape index (κ3) is 2.89. The molecular weight excluding hydrogens is 375 g/mol. The summed E-state index contributed by atoms with van der Waals surface area (Å²) in [6.07, 6.45) is 0. The van der Waals surface area contributed by atoms with Crippen molar-refractivity contribution in [1.29, 1.82) is 0 Å². The first kappa shape index (κ1) is 16.7. The Morgan fingerprint density at radius 1 is 1.05 bits per heavy atom. The zero-order valence-electron chi connectivity index (χ0n) is 11.4. The van der Waals surface area contributed by atoms with E-state index < -0.39 is 26.7 Å². The van der Waals surface area contributed by atoms with Crippen LogP contribution in [0, 0.1) is 11.3 Å². The van der Waals surface area contributed by atoms with Crippen LogP contribution in [-0.4, -0.2) is 27.3 Å². The highest BCUT2D eigenvalue weighted by atomic mass is 127. The smallest absolute Gasteiger partial charge is 0.319 e. The number of carboxylic acids is 2. The van der Waals surface area contributed by atoms with E-state index in [-0.39, 0.29) is 5.75 Å². The van der Waals surface area contributed by atoms with Crippen molar-refractivity contribution in [3.63, 3.8) is 0 Å². The molecule has 1 aromatic rings. The Kier molecular flexibility index (Phi) is 4.68. The summed E-state index contributed by atoms with van der Waals surface area (Å²) in [7, 11) is 0. The molecule has 0 aliphatic rings. The van der Waals surface area contributed by atoms with E-state index in [9.17, 15) is 24.9 Å². The molecule has 0 amide bonds. The Morgan fingerprint density at radius 3 is 1.75 bits per heavy atom. The van der Waals surface area contributed by atoms with Crippen LogP contribution in [-0.2, 0) is 13.0 Å². The molecule has 0 saturated carbocycles. The first-order valence-electron chi connectivity index (χ1n) is 5.96. The second kappa shape index (κ2) is 5.59. The molecule has 0 radical (unpaired) electrons. The second-order valence-electron chi connectivity index (χ2n) is 5.62. The quantitative estimate of drug-likeness (QED) is 0.416. The normalized spacial score (nSPS) is 14.8. The largest absolute Gasteiger partial charge is 0.508 e. The van der Waals surface area contributed by atoms with Gasteiger partial charge in [0.1, 0.15) is 5.75 Å². The van der Waals surface area contributed by atoms with Gasteiger partial charge >= 0.3 is 11.9 Å². The van der Waals surface area contributed by atoms with Gasteiger partial charge in [0.05, 0.1) is 3.42 Å². The average molecular weight is 392 g/mol. The molecule has 1 rings (SSSR count). The van der Waals surface area contributed by atoms with Crippen LogP contribution in [0.15, 0.2) is 24.3 Å². The number of carboxylic acid groups (broad SMARTS) is 2. The molecule has 0 heterocycles. The summed E-state index contributed by atoms with van der Waals surface area (Å²) in [4.78, 5) is 22.9. The standard InChI is InChI=1S/C14H17IO5/c1-13(2,3)14(15,10(11(17)18)12(19)20)8-4-6-9(16)7-5-8/h4-7,10,16H,1-3H3,(H,17,18)(H,19,20). The van der Waals surface area contributed by atoms with Crippen molar-refractivity contribution < 1.29 is 24.9 Å². The van der Waals surface area contributed by atoms with Gasteiger partial charge in [-0.05, 0) is 23.1 Å². The molecule has 110 valence electrons. The number of benzene rings is 1. The van der Waals surface area contributed by atoms with E-state index in [2.05, 4.69) is 0 Å². The third-order valence-electron chi connectivity index (χ3n) is 3.27. The summed E-state index contributed by atoms with van der Waals surface area (Å²) < 4.78 is -1.16. The van der Waals surface area contributed by atoms with Crippen LogP contribution in [0.5, 0.6) is 5.75 Å². The van der Waals surface area contributed by atoms with Gasteiger partial charge in [-0.15, -0.1) is 0 Å². The fourth-order valence-corrected chi connectivity index (χ4v) is 3.07. The van der Waals surface area contributed by atoms with Gasteiger partial charge < -0.3 is 15.3 Å². The maximum Gasteiger partial charge on any atom is 0.319 e. The van der Waals surface area contributed by atoms with Crippen LogP contribution in [0.25, 0.3) is 0 Å². The summed E-state index contributed by atoms with van der Waals surface area (Å²) in [6.45, 7) is 5.39. The number of alkyl halides is 1. The zero-order chi connectivity index (χ0) is 15.7. The van der Waals surface area contributed by atoms with Crippen LogP contribution in [0.2, 0.25) is 0 Å². The van der Waals surface area contributed by atoms with Crippen LogP contribution < -0.4 is 0 Å². The lowest BCUT2D eigenvalue weighted by Gasteiger charge is -2.43. The second-order valence-corrected chi connectivity index (χ2v) is 7.32. The van der Waals surface area contributed by atoms with Crippen molar-refractivity contribution in [2.45, 2.75) is 24.2 Å². The molecule has 0 bridgehead atoms. The van der Waals surface area contributed by atoms with Gasteiger partial charge in [-0.3, -0.25) is 9.59 Å². The molecule has 1 aromatic carbocycles. The number of aliphatic carboxylic acids is 2. The number of aromatic hydroxyl groups is 1. The first-order chi connectivity index (χ1) is 9.01. The van der Waals surface area contributed by atoms with E-state index in [1.54, 1.807) is 32.9 Å². The van der Waals surface area contributed by atoms with Crippen LogP contribution in [0.4, 0.5) is 0 Å². The van der Waals surface area contributed by atoms with Crippen molar-refractivity contribution in [3.05, 3.63) is 29.8 Å². The van der Waals surface area contributed by atoms with Gasteiger partial charge in [0.2, 0.25) is 0 Å². The highest BCUT2D eigenvalue weighted by molar-refractivity contribution is 14.1. The molecule has 5 nitrogen and oxygen atoms in total. The number of rotatable bonds is 4. The van der Waals surface area contributed by atoms with Crippen molar-refractivity contribution in [3.8, 4) is 5.75 Å². The maximum atomic E-state index is 11.4. The molecule has 1 unspecified atom stereocenters. The average Bonchev–Trinajstić information content (AvgIpc) is 2.26. The molecule has 3 N–H and O–H groups in total. The molecule has 0 saturated heterocycles. The van der Waals surface area contributed by atoms with Crippen molar-refractivity contribution >= 4 is 34.5 Å². The summed E-state index contributed by atoms with van der Waals surface area (Å²) in [6, 6.07) is 5.97. The summed E-state index contributed by atoms with van der Waals surface area (Å²) >= 11 is 1.91. The van der Waals surface area contributed by atoms with Gasteiger partial charge in [0.15, 0.2) is 5.92 Å². The Labute approximate surface area is 130 Å². The summed E-state index contributed by atoms with van der Waals surface area (Å²) in [5, 5.41) is 28.0. The van der Waals surface area contributed by atoms with Crippen LogP contribution in [0.3, 0.4) is 0 Å². The highest BCUT2D eigenvalue weighted by Gasteiger charge is 2.54. The highest BCUT2D eigenvalue weighted by Crippen LogP contribution is 2.53. The Balaban J connectivity index is 3.55. The van der Waals surface area contributed by atoms with Gasteiger partial charge in [0, 0.05) is 0 Å². The lowest BCUT2D eigenvalue weighted by molar-refractivity contribution is -0.157. The molecule has 0 fully saturated rings. The number of phenols is 1. The zero-order valence-corrected chi connectivity index (χ0v) is 13.6. The lowest BCUT2D eigenvalue weighted by Crippen LogP contribution is -2.48. The van der Waals surface area contributed by atoms with E-state index in [0.29, 0.717) is 5.56 Å². The van der Waals surface area contributed by atoms with E-state index >= 15 is 0 Å². The Morgan fingerprint density at radius 2 is 1.45 bits per heavy atom. The number of halogens is 1. The van der Waals surface area contributed by atoms with Gasteiger partial charge in [-0.25, -0.2) is 0 Å². The third-order valence-corrected chi connectivity index (χ3v) is 6.13. The predicted octanol–water partition coefficient (Wildman–Crippen LogP) is 2.85. The minimum absolute atomic E-state index is 0.0450. The first-order valence-corrected chi connectivity index (χ1v) is 7.03. The number of hydrogen-bond donors (Lipinski definition) is 3. The molecule has 0 spiro atoms. The van der Waals surface area contributed by atoms with Crippen LogP contribution in [0.1, 0.15) is 26.3 Å². The fourth-order valence-electron chi connectivity index (χ4n) is 2.18. The Hall–Kier alpha value is -1.31. The summed E-state index contributed by atoms with van der Waals surface area (Å²) in [5.41, 5.74) is -0.0652. The predicted molar refractivity (Wildman–Crippen MR) is 82.0 cm³/mol. The molecule has 0 aliphatic heterocycles. The van der Waals surface area contributed by atoms with Crippen molar-refractivity contribution in [1.82, 2.24) is 0 Å². The fraction of sp³-hybridized carbons (Fsp3) is 0.429. The molecule has 6 heteroatoms. The van der Waals surface area contributed by atoms with Crippen molar-refractivity contribution in [2.24, 2.45) is 11.3 Å². The van der Waals surface area contributed by atoms with Gasteiger partial charge in [0.25, 0.3) is 0 Å². The van der Waals surface area contributed by atoms with E-state index in [4.69, 9.17) is 0 Å². The van der Waals surface area contributed by atoms with E-state index in [0.717, 1.165) is 0 Å². The number of carbonyl (C=O) groups is 2. The monoisotopic (exact) mass is 392 g/mol. The number of phenolic OH excluding ortho intramolecular Hbond substituents is 1. The van der Waals surface area contributed by atoms with Gasteiger partial charge in [-0.1, -0.05) is 55.5 Å². The van der Waals surface area contributed by atoms with Gasteiger partial charge in [-0.2, -0.15) is 0 Å². The Bertz CT molecular complexity index is 503. The molecular formula is C14H17IO5. The maximum absolute atomic E-state index is 11.4. The molecule has 1 atom stereocenters. The minimum Gasteiger partial charge on any atom is -0.508 e. The van der Waals surface area contributed by atoms with E-state index in [1.165, 1.54) is 12.1 Å². The van der Waals surface area contributed by atoms with E-state index in [1.807, 2.05) is 22.6 Å². The van der Waals surface area contributed by atoms with Crippen LogP contribution >= 0.6 is 22.6 Å². The van der Waals surface area contributed by atoms with Crippen molar-refractivity contribution in [2.75, 3.05) is 0 Å². The molecule has 0 aromatic heterocycles. The minimum atomic E-state index is -1.59. The summed E-state index contributed by atoms with van der Waals surface area (Å²) in [5.74, 6) is -4.30. The number of hydrogen-bond acceptors (Lipinski definition) is 3. The topological polar surface area (TPSA) is 94.8 Å². The molecule has 20 heavy (non-hydrogen) atoms. The lowest BCUT2D eigenvalue weighted by atomic mass is 9.69. The molecule has 0 aliphatic carbocycles. The SMILES string of the molecule is CC(C)(C)C(I)(c1ccc(O)cc1)C(C(=O)O)C(=O)O.